The first-order chi connectivity index (χ1) is 12.2. The number of nitrogens with two attached hydrogens (primary N) is 1. The molecule has 0 spiro atoms. The minimum absolute atomic E-state index is 0.243. The minimum atomic E-state index is -0.570. The number of hydrogen-bond acceptors (Lipinski definition) is 4. The van der Waals surface area contributed by atoms with E-state index in [-0.39, 0.29) is 5.91 Å². The number of nitrogens with one attached hydrogen (secondary N) is 1. The van der Waals surface area contributed by atoms with E-state index in [0.717, 1.165) is 30.7 Å². The lowest BCUT2D eigenvalue weighted by Crippen LogP contribution is -2.41. The van der Waals surface area contributed by atoms with Crippen LogP contribution in [0.3, 0.4) is 0 Å². The van der Waals surface area contributed by atoms with E-state index >= 15 is 0 Å². The van der Waals surface area contributed by atoms with E-state index in [9.17, 15) is 4.79 Å². The Morgan fingerprint density at radius 3 is 2.68 bits per heavy atom. The van der Waals surface area contributed by atoms with Gasteiger partial charge in [-0.3, -0.25) is 14.8 Å². The first-order valence-electron chi connectivity index (χ1n) is 8.48. The number of nitrogens with zero attached hydrogens (tertiary/aromatic N) is 2. The molecule has 128 valence electrons. The molecule has 1 amide bonds. The zero-order chi connectivity index (χ0) is 17.5. The highest BCUT2D eigenvalue weighted by molar-refractivity contribution is 5.73. The predicted molar refractivity (Wildman–Crippen MR) is 97.4 cm³/mol. The number of rotatable bonds is 7. The Morgan fingerprint density at radius 2 is 1.96 bits per heavy atom. The van der Waals surface area contributed by atoms with Crippen molar-refractivity contribution in [3.05, 3.63) is 84.1 Å². The van der Waals surface area contributed by atoms with Crippen LogP contribution < -0.4 is 11.1 Å². The van der Waals surface area contributed by atoms with Crippen molar-refractivity contribution in [3.8, 4) is 0 Å². The fourth-order valence-corrected chi connectivity index (χ4v) is 3.00. The van der Waals surface area contributed by atoms with Crippen molar-refractivity contribution >= 4 is 5.91 Å². The second-order valence-corrected chi connectivity index (χ2v) is 6.11. The van der Waals surface area contributed by atoms with Crippen molar-refractivity contribution in [1.82, 2.24) is 15.3 Å². The van der Waals surface area contributed by atoms with E-state index < -0.39 is 5.54 Å². The smallest absolute Gasteiger partial charge is 0.217 e. The van der Waals surface area contributed by atoms with Gasteiger partial charge in [-0.1, -0.05) is 12.1 Å². The molecular weight excluding hydrogens is 312 g/mol. The molecule has 0 saturated heterocycles. The van der Waals surface area contributed by atoms with Crippen LogP contribution in [0, 0.1) is 0 Å². The number of amides is 1. The summed E-state index contributed by atoms with van der Waals surface area (Å²) in [6.45, 7) is 0. The van der Waals surface area contributed by atoms with E-state index in [1.807, 2.05) is 48.8 Å². The summed E-state index contributed by atoms with van der Waals surface area (Å²) in [7, 11) is 0. The third kappa shape index (κ3) is 3.94. The molecule has 2 aromatic rings. The van der Waals surface area contributed by atoms with E-state index in [2.05, 4.69) is 27.4 Å². The Morgan fingerprint density at radius 1 is 1.08 bits per heavy atom. The molecule has 3 heterocycles. The number of dihydropyridines is 1. The number of pyridine rings is 2. The van der Waals surface area contributed by atoms with Gasteiger partial charge in [-0.2, -0.15) is 0 Å². The molecule has 1 atom stereocenters. The Kier molecular flexibility index (Phi) is 5.23. The number of aromatic nitrogens is 2. The molecule has 0 radical (unpaired) electrons. The van der Waals surface area contributed by atoms with Crippen LogP contribution in [0.15, 0.2) is 67.2 Å². The number of allylic oxidation sites excluding steroid dienone is 2. The van der Waals surface area contributed by atoms with Crippen molar-refractivity contribution in [2.75, 3.05) is 0 Å². The maximum absolute atomic E-state index is 10.9. The van der Waals surface area contributed by atoms with Crippen LogP contribution in [-0.2, 0) is 16.8 Å². The van der Waals surface area contributed by atoms with Gasteiger partial charge in [-0.15, -0.1) is 0 Å². The maximum atomic E-state index is 10.9. The van der Waals surface area contributed by atoms with Crippen LogP contribution in [0.25, 0.3) is 0 Å². The molecule has 0 fully saturated rings. The molecular formula is C20H22N4O. The number of carbonyl (C=O) groups is 1. The summed E-state index contributed by atoms with van der Waals surface area (Å²) >= 11 is 0. The normalized spacial score (nSPS) is 18.7. The molecule has 5 nitrogen and oxygen atoms in total. The van der Waals surface area contributed by atoms with Crippen LogP contribution in [0.4, 0.5) is 0 Å². The second kappa shape index (κ2) is 7.75. The molecule has 0 saturated carbocycles. The molecule has 1 aliphatic rings. The second-order valence-electron chi connectivity index (χ2n) is 6.11. The Bertz CT molecular complexity index is 785. The standard InChI is InChI=1S/C20H22N4O/c21-19(25)9-2-1-7-16-10-14-23-18(15-16)20(11-4-6-13-24-20)17-8-3-5-12-22-17/h3-6,8,10-15,24H,1-2,7,9H2,(H2,21,25). The van der Waals surface area contributed by atoms with Gasteiger partial charge in [-0.05, 0) is 67.4 Å². The van der Waals surface area contributed by atoms with Crippen molar-refractivity contribution < 1.29 is 4.79 Å². The van der Waals surface area contributed by atoms with Gasteiger partial charge in [0.1, 0.15) is 5.54 Å². The number of carbonyl (C=O) groups excluding carboxylic acids is 1. The summed E-state index contributed by atoms with van der Waals surface area (Å²) in [6.07, 6.45) is 14.6. The Labute approximate surface area is 147 Å². The van der Waals surface area contributed by atoms with Crippen molar-refractivity contribution in [2.24, 2.45) is 5.73 Å². The molecule has 3 N–H and O–H groups in total. The van der Waals surface area contributed by atoms with Crippen molar-refractivity contribution in [2.45, 2.75) is 31.2 Å². The van der Waals surface area contributed by atoms with Crippen molar-refractivity contribution in [1.29, 1.82) is 0 Å². The topological polar surface area (TPSA) is 80.9 Å². The molecule has 2 aromatic heterocycles. The molecule has 3 rings (SSSR count). The van der Waals surface area contributed by atoms with Crippen LogP contribution >= 0.6 is 0 Å². The maximum Gasteiger partial charge on any atom is 0.217 e. The third-order valence-corrected chi connectivity index (χ3v) is 4.30. The van der Waals surface area contributed by atoms with Crippen LogP contribution in [0.2, 0.25) is 0 Å². The lowest BCUT2D eigenvalue weighted by Gasteiger charge is -2.32. The summed E-state index contributed by atoms with van der Waals surface area (Å²) in [4.78, 5) is 20.0. The molecule has 1 aliphatic heterocycles. The van der Waals surface area contributed by atoms with E-state index in [1.54, 1.807) is 6.20 Å². The van der Waals surface area contributed by atoms with Crippen LogP contribution in [0.1, 0.15) is 36.2 Å². The molecule has 0 bridgehead atoms. The van der Waals surface area contributed by atoms with Gasteiger partial charge in [0.25, 0.3) is 0 Å². The molecule has 25 heavy (non-hydrogen) atoms. The highest BCUT2D eigenvalue weighted by Crippen LogP contribution is 2.30. The van der Waals surface area contributed by atoms with Gasteiger partial charge in [0.05, 0.1) is 11.4 Å². The summed E-state index contributed by atoms with van der Waals surface area (Å²) in [5.41, 5.74) is 7.62. The molecule has 1 unspecified atom stereocenters. The highest BCUT2D eigenvalue weighted by atomic mass is 16.1. The van der Waals surface area contributed by atoms with E-state index in [1.165, 1.54) is 5.56 Å². The summed E-state index contributed by atoms with van der Waals surface area (Å²) in [6, 6.07) is 10.0. The predicted octanol–water partition coefficient (Wildman–Crippen LogP) is 2.59. The monoisotopic (exact) mass is 334 g/mol. The zero-order valence-electron chi connectivity index (χ0n) is 14.1. The summed E-state index contributed by atoms with van der Waals surface area (Å²) < 4.78 is 0. The fraction of sp³-hybridized carbons (Fsp3) is 0.250. The summed E-state index contributed by atoms with van der Waals surface area (Å²) in [5.74, 6) is -0.243. The first-order valence-corrected chi connectivity index (χ1v) is 8.48. The number of unbranched alkanes of at least 4 members (excludes halogenated alkanes) is 1. The van der Waals surface area contributed by atoms with E-state index in [0.29, 0.717) is 6.42 Å². The average Bonchev–Trinajstić information content (AvgIpc) is 2.67. The van der Waals surface area contributed by atoms with E-state index in [4.69, 9.17) is 5.73 Å². The Balaban J connectivity index is 1.85. The van der Waals surface area contributed by atoms with Gasteiger partial charge in [0.15, 0.2) is 0 Å². The number of aryl methyl sites for hydroxylation is 1. The molecule has 0 aliphatic carbocycles. The van der Waals surface area contributed by atoms with Crippen LogP contribution in [-0.4, -0.2) is 15.9 Å². The minimum Gasteiger partial charge on any atom is -0.372 e. The Hall–Kier alpha value is -2.95. The fourth-order valence-electron chi connectivity index (χ4n) is 3.00. The van der Waals surface area contributed by atoms with Crippen LogP contribution in [0.5, 0.6) is 0 Å². The zero-order valence-corrected chi connectivity index (χ0v) is 14.1. The molecule has 5 heteroatoms. The highest BCUT2D eigenvalue weighted by Gasteiger charge is 2.34. The van der Waals surface area contributed by atoms with Gasteiger partial charge in [0, 0.05) is 18.8 Å². The molecule has 0 aromatic carbocycles. The van der Waals surface area contributed by atoms with Gasteiger partial charge in [-0.25, -0.2) is 0 Å². The van der Waals surface area contributed by atoms with Gasteiger partial charge >= 0.3 is 0 Å². The third-order valence-electron chi connectivity index (χ3n) is 4.30. The lowest BCUT2D eigenvalue weighted by atomic mass is 9.87. The van der Waals surface area contributed by atoms with Crippen molar-refractivity contribution in [3.63, 3.8) is 0 Å². The van der Waals surface area contributed by atoms with Gasteiger partial charge < -0.3 is 11.1 Å². The average molecular weight is 334 g/mol. The first kappa shape index (κ1) is 16.9. The number of primary amides is 1. The number of hydrogen-bond donors (Lipinski definition) is 2. The summed E-state index contributed by atoms with van der Waals surface area (Å²) in [5, 5.41) is 3.42. The largest absolute Gasteiger partial charge is 0.372 e. The lowest BCUT2D eigenvalue weighted by molar-refractivity contribution is -0.118. The van der Waals surface area contributed by atoms with Gasteiger partial charge in [0.2, 0.25) is 5.91 Å². The quantitative estimate of drug-likeness (QED) is 0.763. The SMILES string of the molecule is NC(=O)CCCCc1ccnc(C2(c3ccccn3)C=CC=CN2)c1.